The van der Waals surface area contributed by atoms with Gasteiger partial charge in [-0.3, -0.25) is 9.59 Å². The van der Waals surface area contributed by atoms with Crippen LogP contribution in [-0.4, -0.2) is 48.2 Å². The summed E-state index contributed by atoms with van der Waals surface area (Å²) in [6.45, 7) is -0.659. The van der Waals surface area contributed by atoms with Gasteiger partial charge in [0.15, 0.2) is 0 Å². The highest BCUT2D eigenvalue weighted by Crippen LogP contribution is 2.27. The summed E-state index contributed by atoms with van der Waals surface area (Å²) >= 11 is 6.34. The lowest BCUT2D eigenvalue weighted by atomic mass is 10.1. The molecular weight excluding hydrogens is 672 g/mol. The number of nitrogens with one attached hydrogen (secondary N) is 2. The fourth-order valence-corrected chi connectivity index (χ4v) is 4.49. The second-order valence-electron chi connectivity index (χ2n) is 9.73. The van der Waals surface area contributed by atoms with Crippen molar-refractivity contribution >= 4 is 29.1 Å². The van der Waals surface area contributed by atoms with Gasteiger partial charge in [0.25, 0.3) is 17.6 Å². The molecule has 0 unspecified atom stereocenters. The Morgan fingerprint density at radius 2 is 1.71 bits per heavy atom. The molecule has 0 saturated heterocycles. The van der Waals surface area contributed by atoms with E-state index < -0.39 is 42.5 Å². The van der Waals surface area contributed by atoms with E-state index in [9.17, 15) is 41.2 Å². The summed E-state index contributed by atoms with van der Waals surface area (Å²) in [6.07, 6.45) is -9.75. The molecule has 0 spiro atoms. The summed E-state index contributed by atoms with van der Waals surface area (Å²) in [5.74, 6) is -3.60. The van der Waals surface area contributed by atoms with Crippen LogP contribution >= 0.6 is 11.6 Å². The lowest BCUT2D eigenvalue weighted by Crippen LogP contribution is -2.25. The third kappa shape index (κ3) is 8.06. The van der Waals surface area contributed by atoms with Gasteiger partial charge >= 0.3 is 12.5 Å². The molecule has 0 aliphatic carbocycles. The summed E-state index contributed by atoms with van der Waals surface area (Å²) in [5.41, 5.74) is 0.195. The SMILES string of the molecule is N#Cc1ccc(NC(=O)c2cc(Cn3nnc(C(F)(F)F)n3)nn2-c2ccccc2Cl)c(C(=O)NCc2cccc(OC(F)(F)F)c2)c1. The van der Waals surface area contributed by atoms with Gasteiger partial charge in [0, 0.05) is 6.54 Å². The topological polar surface area (TPSA) is 153 Å². The molecule has 0 saturated carbocycles. The number of hydrogen-bond acceptors (Lipinski definition) is 8. The largest absolute Gasteiger partial charge is 0.573 e. The minimum absolute atomic E-state index is 0.0423. The number of nitriles is 1. The number of halogens is 7. The molecule has 48 heavy (non-hydrogen) atoms. The zero-order chi connectivity index (χ0) is 34.6. The fourth-order valence-electron chi connectivity index (χ4n) is 4.27. The van der Waals surface area contributed by atoms with E-state index in [2.05, 4.69) is 35.9 Å². The Balaban J connectivity index is 1.42. The Morgan fingerprint density at radius 3 is 2.40 bits per heavy atom. The quantitative estimate of drug-likeness (QED) is 0.192. The van der Waals surface area contributed by atoms with E-state index in [0.717, 1.165) is 16.8 Å². The second kappa shape index (κ2) is 13.4. The van der Waals surface area contributed by atoms with Crippen LogP contribution < -0.4 is 15.4 Å². The molecule has 2 heterocycles. The number of rotatable bonds is 9. The van der Waals surface area contributed by atoms with Crippen LogP contribution in [0, 0.1) is 11.3 Å². The number of para-hydroxylation sites is 1. The van der Waals surface area contributed by atoms with Crippen LogP contribution in [0.4, 0.5) is 32.0 Å². The summed E-state index contributed by atoms with van der Waals surface area (Å²) in [6, 6.07) is 18.1. The Labute approximate surface area is 270 Å². The summed E-state index contributed by atoms with van der Waals surface area (Å²) in [5, 5.41) is 28.6. The van der Waals surface area contributed by atoms with Crippen molar-refractivity contribution in [3.05, 3.63) is 112 Å². The number of carbonyl (C=O) groups excluding carboxylic acids is 2. The second-order valence-corrected chi connectivity index (χ2v) is 10.1. The zero-order valence-corrected chi connectivity index (χ0v) is 24.6. The van der Waals surface area contributed by atoms with Gasteiger partial charge in [0.05, 0.1) is 39.3 Å². The van der Waals surface area contributed by atoms with Crippen molar-refractivity contribution in [3.63, 3.8) is 0 Å². The Kier molecular flexibility index (Phi) is 9.33. The maximum atomic E-state index is 13.7. The highest BCUT2D eigenvalue weighted by molar-refractivity contribution is 6.32. The maximum absolute atomic E-state index is 13.7. The summed E-state index contributed by atoms with van der Waals surface area (Å²) in [7, 11) is 0. The van der Waals surface area contributed by atoms with Crippen LogP contribution in [-0.2, 0) is 19.3 Å². The molecule has 2 aromatic heterocycles. The highest BCUT2D eigenvalue weighted by Gasteiger charge is 2.37. The predicted octanol–water partition coefficient (Wildman–Crippen LogP) is 5.53. The first-order valence-corrected chi connectivity index (χ1v) is 13.7. The number of ether oxygens (including phenoxy) is 1. The number of anilines is 1. The molecule has 0 radical (unpaired) electrons. The third-order valence-corrected chi connectivity index (χ3v) is 6.63. The first-order valence-electron chi connectivity index (χ1n) is 13.4. The smallest absolute Gasteiger partial charge is 0.406 e. The van der Waals surface area contributed by atoms with Crippen LogP contribution in [0.1, 0.15) is 43.5 Å². The van der Waals surface area contributed by atoms with Gasteiger partial charge in [-0.1, -0.05) is 35.9 Å². The van der Waals surface area contributed by atoms with Crippen molar-refractivity contribution in [1.29, 1.82) is 5.26 Å². The molecular formula is C29H18ClF6N9O3. The van der Waals surface area contributed by atoms with Gasteiger partial charge in [-0.05, 0) is 59.3 Å². The maximum Gasteiger partial charge on any atom is 0.573 e. The molecule has 5 aromatic rings. The first kappa shape index (κ1) is 33.4. The van der Waals surface area contributed by atoms with Crippen molar-refractivity contribution in [3.8, 4) is 17.5 Å². The van der Waals surface area contributed by atoms with E-state index in [1.54, 1.807) is 12.1 Å². The molecule has 0 atom stereocenters. The van der Waals surface area contributed by atoms with E-state index in [4.69, 9.17) is 11.6 Å². The number of alkyl halides is 6. The van der Waals surface area contributed by atoms with Gasteiger partial charge in [-0.25, -0.2) is 4.68 Å². The van der Waals surface area contributed by atoms with E-state index in [-0.39, 0.29) is 51.0 Å². The van der Waals surface area contributed by atoms with Crippen molar-refractivity contribution in [2.75, 3.05) is 5.32 Å². The van der Waals surface area contributed by atoms with E-state index >= 15 is 0 Å². The standard InChI is InChI=1S/C29H18ClF6N9O3/c30-21-6-1-2-7-23(21)45-24(12-18(41-45)15-44-42-27(40-43-44)28(31,32)33)26(47)39-22-9-8-16(13-37)11-20(22)25(46)38-14-17-4-3-5-19(10-17)48-29(34,35)36/h1-12H,14-15H2,(H,38,46)(H,39,47). The van der Waals surface area contributed by atoms with Gasteiger partial charge in [-0.2, -0.15) is 28.3 Å². The zero-order valence-electron chi connectivity index (χ0n) is 23.8. The van der Waals surface area contributed by atoms with E-state index in [1.807, 2.05) is 6.07 Å². The van der Waals surface area contributed by atoms with Crippen LogP contribution in [0.5, 0.6) is 5.75 Å². The average molecular weight is 690 g/mol. The highest BCUT2D eigenvalue weighted by atomic mass is 35.5. The first-order chi connectivity index (χ1) is 22.7. The molecule has 19 heteroatoms. The van der Waals surface area contributed by atoms with Crippen molar-refractivity contribution in [2.45, 2.75) is 25.6 Å². The molecule has 0 aliphatic rings. The van der Waals surface area contributed by atoms with Crippen molar-refractivity contribution in [2.24, 2.45) is 0 Å². The monoisotopic (exact) mass is 689 g/mol. The van der Waals surface area contributed by atoms with Gasteiger partial charge < -0.3 is 15.4 Å². The number of amides is 2. The molecule has 3 aromatic carbocycles. The number of aromatic nitrogens is 6. The Bertz CT molecular complexity index is 2040. The fraction of sp³-hybridized carbons (Fsp3) is 0.138. The molecule has 246 valence electrons. The minimum atomic E-state index is -4.92. The van der Waals surface area contributed by atoms with Crippen LogP contribution in [0.25, 0.3) is 5.69 Å². The normalized spacial score (nSPS) is 11.5. The van der Waals surface area contributed by atoms with E-state index in [0.29, 0.717) is 4.80 Å². The average Bonchev–Trinajstić information content (AvgIpc) is 3.67. The molecule has 0 aliphatic heterocycles. The molecule has 5 rings (SSSR count). The molecule has 2 N–H and O–H groups in total. The lowest BCUT2D eigenvalue weighted by molar-refractivity contribution is -0.274. The lowest BCUT2D eigenvalue weighted by Gasteiger charge is -2.14. The number of carbonyl (C=O) groups is 2. The van der Waals surface area contributed by atoms with Crippen LogP contribution in [0.3, 0.4) is 0 Å². The summed E-state index contributed by atoms with van der Waals surface area (Å²) < 4.78 is 81.8. The molecule has 0 bridgehead atoms. The van der Waals surface area contributed by atoms with Gasteiger partial charge in [0.2, 0.25) is 0 Å². The number of nitrogens with zero attached hydrogens (tertiary/aromatic N) is 7. The van der Waals surface area contributed by atoms with Gasteiger partial charge in [0.1, 0.15) is 18.0 Å². The number of hydrogen-bond donors (Lipinski definition) is 2. The number of benzene rings is 3. The minimum Gasteiger partial charge on any atom is -0.406 e. The van der Waals surface area contributed by atoms with Gasteiger partial charge in [-0.15, -0.1) is 23.4 Å². The molecule has 0 fully saturated rings. The third-order valence-electron chi connectivity index (χ3n) is 6.31. The molecule has 12 nitrogen and oxygen atoms in total. The molecule has 2 amide bonds. The predicted molar refractivity (Wildman–Crippen MR) is 154 cm³/mol. The van der Waals surface area contributed by atoms with Crippen molar-refractivity contribution < 1.29 is 40.7 Å². The van der Waals surface area contributed by atoms with Crippen LogP contribution in [0.2, 0.25) is 5.02 Å². The number of tetrazole rings is 1. The van der Waals surface area contributed by atoms with Crippen LogP contribution in [0.15, 0.2) is 72.8 Å². The Morgan fingerprint density at radius 1 is 0.938 bits per heavy atom. The Hall–Kier alpha value is -5.96. The van der Waals surface area contributed by atoms with Crippen molar-refractivity contribution in [1.82, 2.24) is 35.3 Å². The summed E-state index contributed by atoms with van der Waals surface area (Å²) in [4.78, 5) is 27.5. The van der Waals surface area contributed by atoms with E-state index in [1.165, 1.54) is 48.5 Å².